The van der Waals surface area contributed by atoms with E-state index >= 15 is 0 Å². The van der Waals surface area contributed by atoms with Crippen molar-refractivity contribution in [1.82, 2.24) is 5.32 Å². The Bertz CT molecular complexity index is 753. The second-order valence-corrected chi connectivity index (χ2v) is 7.35. The molecule has 3 rings (SSSR count). The first-order valence-corrected chi connectivity index (χ1v) is 10.4. The summed E-state index contributed by atoms with van der Waals surface area (Å²) in [5.74, 6) is 0.989. The van der Waals surface area contributed by atoms with Gasteiger partial charge in [-0.1, -0.05) is 36.4 Å². The summed E-state index contributed by atoms with van der Waals surface area (Å²) >= 11 is 0. The molecule has 0 radical (unpaired) electrons. The molecule has 4 nitrogen and oxygen atoms in total. The fraction of sp³-hybridized carbons (Fsp3) is 0.458. The monoisotopic (exact) mass is 381 g/mol. The molecule has 2 aromatic rings. The molecule has 4 heteroatoms. The van der Waals surface area contributed by atoms with E-state index in [2.05, 4.69) is 17.4 Å². The Hall–Kier alpha value is -2.33. The van der Waals surface area contributed by atoms with Gasteiger partial charge in [-0.05, 0) is 67.9 Å². The van der Waals surface area contributed by atoms with Crippen LogP contribution in [0.15, 0.2) is 48.5 Å². The number of carbonyl (C=O) groups excluding carboxylic acids is 1. The first kappa shape index (κ1) is 20.4. The van der Waals surface area contributed by atoms with Gasteiger partial charge in [0.2, 0.25) is 5.91 Å². The zero-order chi connectivity index (χ0) is 19.6. The summed E-state index contributed by atoms with van der Waals surface area (Å²) in [4.78, 5) is 12.3. The molecular weight excluding hydrogens is 350 g/mol. The van der Waals surface area contributed by atoms with Crippen LogP contribution in [0.1, 0.15) is 55.7 Å². The number of aryl methyl sites for hydroxylation is 1. The van der Waals surface area contributed by atoms with Crippen LogP contribution in [0.25, 0.3) is 0 Å². The highest BCUT2D eigenvalue weighted by Gasteiger charge is 2.16. The number of benzene rings is 2. The summed E-state index contributed by atoms with van der Waals surface area (Å²) in [5, 5.41) is 3.03. The predicted octanol–water partition coefficient (Wildman–Crippen LogP) is 4.79. The van der Waals surface area contributed by atoms with Crippen LogP contribution < -0.4 is 10.1 Å². The number of nitrogens with one attached hydrogen (secondary N) is 1. The minimum Gasteiger partial charge on any atom is -0.490 e. The fourth-order valence-electron chi connectivity index (χ4n) is 3.60. The smallest absolute Gasteiger partial charge is 0.220 e. The van der Waals surface area contributed by atoms with Crippen molar-refractivity contribution in [2.45, 2.75) is 64.7 Å². The Morgan fingerprint density at radius 2 is 1.86 bits per heavy atom. The highest BCUT2D eigenvalue weighted by Crippen LogP contribution is 2.24. The van der Waals surface area contributed by atoms with Gasteiger partial charge < -0.3 is 14.8 Å². The lowest BCUT2D eigenvalue weighted by Crippen LogP contribution is -2.23. The molecule has 1 N–H and O–H groups in total. The van der Waals surface area contributed by atoms with E-state index in [-0.39, 0.29) is 5.91 Å². The molecule has 0 spiro atoms. The van der Waals surface area contributed by atoms with E-state index in [0.29, 0.717) is 38.7 Å². The second kappa shape index (κ2) is 10.9. The topological polar surface area (TPSA) is 47.6 Å². The van der Waals surface area contributed by atoms with E-state index in [4.69, 9.17) is 9.47 Å². The molecule has 1 aliphatic rings. The lowest BCUT2D eigenvalue weighted by molar-refractivity contribution is -0.121. The molecule has 28 heavy (non-hydrogen) atoms. The van der Waals surface area contributed by atoms with Crippen molar-refractivity contribution in [3.05, 3.63) is 65.2 Å². The van der Waals surface area contributed by atoms with Crippen molar-refractivity contribution in [2.24, 2.45) is 0 Å². The van der Waals surface area contributed by atoms with Gasteiger partial charge in [-0.2, -0.15) is 0 Å². The average molecular weight is 382 g/mol. The maximum absolute atomic E-state index is 12.3. The largest absolute Gasteiger partial charge is 0.490 e. The summed E-state index contributed by atoms with van der Waals surface area (Å²) < 4.78 is 11.6. The number of hydrogen-bond donors (Lipinski definition) is 1. The molecule has 2 aromatic carbocycles. The van der Waals surface area contributed by atoms with Gasteiger partial charge in [0.25, 0.3) is 0 Å². The zero-order valence-electron chi connectivity index (χ0n) is 16.8. The Labute approximate surface area is 168 Å². The normalized spacial score (nSPS) is 14.2. The van der Waals surface area contributed by atoms with Crippen LogP contribution in [0.4, 0.5) is 0 Å². The van der Waals surface area contributed by atoms with Gasteiger partial charge in [0.05, 0.1) is 12.7 Å². The quantitative estimate of drug-likeness (QED) is 0.643. The summed E-state index contributed by atoms with van der Waals surface area (Å²) in [6.07, 6.45) is 6.37. The maximum Gasteiger partial charge on any atom is 0.220 e. The molecular formula is C24H31NO3. The maximum atomic E-state index is 12.3. The molecule has 0 aromatic heterocycles. The Balaban J connectivity index is 1.45. The van der Waals surface area contributed by atoms with Crippen LogP contribution in [-0.2, 0) is 29.1 Å². The molecule has 0 heterocycles. The van der Waals surface area contributed by atoms with Gasteiger partial charge in [0, 0.05) is 19.6 Å². The second-order valence-electron chi connectivity index (χ2n) is 7.35. The van der Waals surface area contributed by atoms with Gasteiger partial charge in [-0.15, -0.1) is 0 Å². The zero-order valence-corrected chi connectivity index (χ0v) is 16.8. The van der Waals surface area contributed by atoms with Crippen LogP contribution in [0.2, 0.25) is 0 Å². The molecule has 0 saturated heterocycles. The van der Waals surface area contributed by atoms with Gasteiger partial charge >= 0.3 is 0 Å². The summed E-state index contributed by atoms with van der Waals surface area (Å²) in [6, 6.07) is 16.2. The van der Waals surface area contributed by atoms with E-state index in [9.17, 15) is 4.79 Å². The van der Waals surface area contributed by atoms with Crippen molar-refractivity contribution in [2.75, 3.05) is 6.61 Å². The van der Waals surface area contributed by atoms with Crippen LogP contribution in [-0.4, -0.2) is 18.6 Å². The van der Waals surface area contributed by atoms with Crippen molar-refractivity contribution in [3.63, 3.8) is 0 Å². The minimum atomic E-state index is 0.0633. The molecule has 0 unspecified atom stereocenters. The van der Waals surface area contributed by atoms with Gasteiger partial charge in [-0.3, -0.25) is 4.79 Å². The molecule has 1 aliphatic carbocycles. The Morgan fingerprint density at radius 1 is 1.07 bits per heavy atom. The minimum absolute atomic E-state index is 0.0633. The van der Waals surface area contributed by atoms with Crippen molar-refractivity contribution in [3.8, 4) is 5.75 Å². The lowest BCUT2D eigenvalue weighted by Gasteiger charge is -2.14. The summed E-state index contributed by atoms with van der Waals surface area (Å²) in [6.45, 7) is 3.78. The Morgan fingerprint density at radius 3 is 2.64 bits per heavy atom. The highest BCUT2D eigenvalue weighted by molar-refractivity contribution is 5.76. The van der Waals surface area contributed by atoms with Gasteiger partial charge in [0.15, 0.2) is 0 Å². The third kappa shape index (κ3) is 6.38. The third-order valence-electron chi connectivity index (χ3n) is 5.20. The predicted molar refractivity (Wildman–Crippen MR) is 111 cm³/mol. The standard InChI is InChI=1S/C24H31NO3/c1-2-27-18-21-10-4-3-9-20(21)17-25-24(26)15-14-19-8-7-13-23(16-19)28-22-11-5-6-12-22/h3-4,7-10,13,16,22H,2,5-6,11-12,14-15,17-18H2,1H3,(H,25,26). The first-order chi connectivity index (χ1) is 13.7. The Kier molecular flexibility index (Phi) is 7.92. The van der Waals surface area contributed by atoms with Crippen LogP contribution in [0, 0.1) is 0 Å². The van der Waals surface area contributed by atoms with Gasteiger partial charge in [-0.25, -0.2) is 0 Å². The van der Waals surface area contributed by atoms with Crippen LogP contribution in [0.3, 0.4) is 0 Å². The van der Waals surface area contributed by atoms with E-state index in [1.54, 1.807) is 0 Å². The third-order valence-corrected chi connectivity index (χ3v) is 5.20. The van der Waals surface area contributed by atoms with Crippen LogP contribution >= 0.6 is 0 Å². The molecule has 1 saturated carbocycles. The number of carbonyl (C=O) groups is 1. The number of rotatable bonds is 10. The SMILES string of the molecule is CCOCc1ccccc1CNC(=O)CCc1cccc(OC2CCCC2)c1. The fourth-order valence-corrected chi connectivity index (χ4v) is 3.60. The highest BCUT2D eigenvalue weighted by atomic mass is 16.5. The molecule has 1 amide bonds. The summed E-state index contributed by atoms with van der Waals surface area (Å²) in [7, 11) is 0. The van der Waals surface area contributed by atoms with E-state index in [0.717, 1.165) is 35.3 Å². The molecule has 0 bridgehead atoms. The average Bonchev–Trinajstić information content (AvgIpc) is 3.23. The van der Waals surface area contributed by atoms with Crippen molar-refractivity contribution in [1.29, 1.82) is 0 Å². The van der Waals surface area contributed by atoms with Crippen molar-refractivity contribution >= 4 is 5.91 Å². The van der Waals surface area contributed by atoms with Crippen molar-refractivity contribution < 1.29 is 14.3 Å². The van der Waals surface area contributed by atoms with Gasteiger partial charge in [0.1, 0.15) is 5.75 Å². The van der Waals surface area contributed by atoms with Crippen LogP contribution in [0.5, 0.6) is 5.75 Å². The van der Waals surface area contributed by atoms with E-state index in [1.807, 2.05) is 43.3 Å². The summed E-state index contributed by atoms with van der Waals surface area (Å²) in [5.41, 5.74) is 3.38. The van der Waals surface area contributed by atoms with E-state index in [1.165, 1.54) is 12.8 Å². The number of ether oxygens (including phenoxy) is 2. The molecule has 0 aliphatic heterocycles. The molecule has 1 fully saturated rings. The lowest BCUT2D eigenvalue weighted by atomic mass is 10.1. The molecule has 0 atom stereocenters. The molecule has 150 valence electrons. The first-order valence-electron chi connectivity index (χ1n) is 10.4. The number of amides is 1. The number of hydrogen-bond acceptors (Lipinski definition) is 3. The van der Waals surface area contributed by atoms with E-state index < -0.39 is 0 Å².